The first-order valence-corrected chi connectivity index (χ1v) is 5.77. The molecule has 1 saturated heterocycles. The summed E-state index contributed by atoms with van der Waals surface area (Å²) in [5, 5.41) is 11.5. The maximum atomic E-state index is 12.0. The largest absolute Gasteiger partial charge is 0.478 e. The molecule has 2 N–H and O–H groups in total. The van der Waals surface area contributed by atoms with Crippen LogP contribution in [0, 0.1) is 0 Å². The van der Waals surface area contributed by atoms with E-state index in [1.54, 1.807) is 26.0 Å². The van der Waals surface area contributed by atoms with Crippen molar-refractivity contribution in [1.82, 2.24) is 10.2 Å². The second-order valence-electron chi connectivity index (χ2n) is 4.95. The van der Waals surface area contributed by atoms with Gasteiger partial charge in [0.2, 0.25) is 0 Å². The molecule has 1 heterocycles. The third kappa shape index (κ3) is 2.42. The number of urea groups is 1. The molecule has 0 spiro atoms. The van der Waals surface area contributed by atoms with Crippen LogP contribution in [0.25, 0.3) is 0 Å². The number of aromatic carboxylic acids is 1. The Morgan fingerprint density at radius 2 is 2.05 bits per heavy atom. The highest BCUT2D eigenvalue weighted by Gasteiger charge is 2.44. The minimum atomic E-state index is -1.04. The highest BCUT2D eigenvalue weighted by atomic mass is 16.4. The number of imide groups is 1. The van der Waals surface area contributed by atoms with E-state index in [9.17, 15) is 14.4 Å². The molecule has 1 aliphatic heterocycles. The van der Waals surface area contributed by atoms with Crippen LogP contribution < -0.4 is 5.32 Å². The van der Waals surface area contributed by atoms with Crippen molar-refractivity contribution in [3.8, 4) is 0 Å². The highest BCUT2D eigenvalue weighted by Crippen LogP contribution is 2.19. The summed E-state index contributed by atoms with van der Waals surface area (Å²) in [5.74, 6) is -1.36. The van der Waals surface area contributed by atoms with E-state index >= 15 is 0 Å². The summed E-state index contributed by atoms with van der Waals surface area (Å²) in [7, 11) is 0. The zero-order valence-corrected chi connectivity index (χ0v) is 10.6. The Balaban J connectivity index is 2.22. The summed E-state index contributed by atoms with van der Waals surface area (Å²) in [6.07, 6.45) is 0. The van der Waals surface area contributed by atoms with Crippen molar-refractivity contribution in [3.05, 3.63) is 35.4 Å². The number of rotatable bonds is 3. The Hall–Kier alpha value is -2.37. The predicted octanol–water partition coefficient (Wildman–Crippen LogP) is 1.22. The minimum Gasteiger partial charge on any atom is -0.478 e. The maximum absolute atomic E-state index is 12.0. The first-order valence-electron chi connectivity index (χ1n) is 5.77. The first kappa shape index (κ1) is 13.1. The monoisotopic (exact) mass is 262 g/mol. The van der Waals surface area contributed by atoms with Crippen LogP contribution >= 0.6 is 0 Å². The number of nitrogens with one attached hydrogen (secondary N) is 1. The normalized spacial score (nSPS) is 17.5. The number of hydrogen-bond donors (Lipinski definition) is 2. The topological polar surface area (TPSA) is 86.7 Å². The second-order valence-corrected chi connectivity index (χ2v) is 4.95. The van der Waals surface area contributed by atoms with Gasteiger partial charge in [-0.1, -0.05) is 12.1 Å². The van der Waals surface area contributed by atoms with Gasteiger partial charge in [-0.15, -0.1) is 0 Å². The third-order valence-corrected chi connectivity index (χ3v) is 2.96. The lowest BCUT2D eigenvalue weighted by atomic mass is 10.1. The fourth-order valence-electron chi connectivity index (χ4n) is 1.95. The molecule has 1 aromatic rings. The molecule has 0 atom stereocenters. The molecule has 2 rings (SSSR count). The van der Waals surface area contributed by atoms with Crippen LogP contribution in [-0.4, -0.2) is 33.5 Å². The van der Waals surface area contributed by atoms with Crippen molar-refractivity contribution in [1.29, 1.82) is 0 Å². The smallest absolute Gasteiger partial charge is 0.335 e. The van der Waals surface area contributed by atoms with Gasteiger partial charge >= 0.3 is 12.0 Å². The van der Waals surface area contributed by atoms with Crippen molar-refractivity contribution in [2.24, 2.45) is 0 Å². The standard InChI is InChI=1S/C13H14N2O4/c1-13(2)11(18)15(12(19)14-13)7-8-4-3-5-9(6-8)10(16)17/h3-6H,7H2,1-2H3,(H,14,19)(H,16,17). The van der Waals surface area contributed by atoms with E-state index in [4.69, 9.17) is 5.11 Å². The SMILES string of the molecule is CC1(C)NC(=O)N(Cc2cccc(C(=O)O)c2)C1=O. The fourth-order valence-corrected chi connectivity index (χ4v) is 1.95. The number of hydrogen-bond acceptors (Lipinski definition) is 3. The quantitative estimate of drug-likeness (QED) is 0.802. The summed E-state index contributed by atoms with van der Waals surface area (Å²) >= 11 is 0. The number of carbonyl (C=O) groups is 3. The molecule has 0 aromatic heterocycles. The number of nitrogens with zero attached hydrogens (tertiary/aromatic N) is 1. The molecule has 19 heavy (non-hydrogen) atoms. The van der Waals surface area contributed by atoms with Gasteiger partial charge in [-0.2, -0.15) is 0 Å². The average molecular weight is 262 g/mol. The first-order chi connectivity index (χ1) is 8.81. The average Bonchev–Trinajstić information content (AvgIpc) is 2.52. The Morgan fingerprint density at radius 3 is 2.58 bits per heavy atom. The molecule has 1 fully saturated rings. The van der Waals surface area contributed by atoms with Crippen molar-refractivity contribution in [3.63, 3.8) is 0 Å². The van der Waals surface area contributed by atoms with E-state index in [0.29, 0.717) is 5.56 Å². The summed E-state index contributed by atoms with van der Waals surface area (Å²) in [6.45, 7) is 3.32. The molecule has 6 heteroatoms. The van der Waals surface area contributed by atoms with E-state index in [2.05, 4.69) is 5.32 Å². The van der Waals surface area contributed by atoms with Gasteiger partial charge in [0, 0.05) is 0 Å². The van der Waals surface area contributed by atoms with E-state index in [1.165, 1.54) is 12.1 Å². The van der Waals surface area contributed by atoms with Gasteiger partial charge in [-0.25, -0.2) is 9.59 Å². The Labute approximate surface area is 110 Å². The molecule has 3 amide bonds. The van der Waals surface area contributed by atoms with E-state index in [0.717, 1.165) is 4.90 Å². The van der Waals surface area contributed by atoms with Crippen molar-refractivity contribution < 1.29 is 19.5 Å². The molecule has 0 saturated carbocycles. The minimum absolute atomic E-state index is 0.0647. The highest BCUT2D eigenvalue weighted by molar-refractivity contribution is 6.06. The lowest BCUT2D eigenvalue weighted by Gasteiger charge is -2.16. The van der Waals surface area contributed by atoms with E-state index in [1.807, 2.05) is 0 Å². The Morgan fingerprint density at radius 1 is 1.37 bits per heavy atom. The van der Waals surface area contributed by atoms with Crippen LogP contribution in [0.5, 0.6) is 0 Å². The van der Waals surface area contributed by atoms with Crippen LogP contribution in [0.2, 0.25) is 0 Å². The number of carboxylic acid groups (broad SMARTS) is 1. The van der Waals surface area contributed by atoms with Crippen LogP contribution in [0.15, 0.2) is 24.3 Å². The van der Waals surface area contributed by atoms with Gasteiger partial charge < -0.3 is 10.4 Å². The van der Waals surface area contributed by atoms with Gasteiger partial charge in [0.05, 0.1) is 12.1 Å². The van der Waals surface area contributed by atoms with Gasteiger partial charge in [0.25, 0.3) is 5.91 Å². The molecular formula is C13H14N2O4. The van der Waals surface area contributed by atoms with Crippen molar-refractivity contribution >= 4 is 17.9 Å². The number of benzene rings is 1. The van der Waals surface area contributed by atoms with E-state index in [-0.39, 0.29) is 18.0 Å². The Kier molecular flexibility index (Phi) is 3.01. The molecule has 0 unspecified atom stereocenters. The third-order valence-electron chi connectivity index (χ3n) is 2.96. The fraction of sp³-hybridized carbons (Fsp3) is 0.308. The number of carboxylic acids is 1. The lowest BCUT2D eigenvalue weighted by Crippen LogP contribution is -2.40. The van der Waals surface area contributed by atoms with Crippen molar-refractivity contribution in [2.75, 3.05) is 0 Å². The molecule has 100 valence electrons. The molecular weight excluding hydrogens is 248 g/mol. The van der Waals surface area contributed by atoms with Crippen LogP contribution in [0.4, 0.5) is 4.79 Å². The molecule has 6 nitrogen and oxygen atoms in total. The summed E-state index contributed by atoms with van der Waals surface area (Å²) in [4.78, 5) is 35.6. The lowest BCUT2D eigenvalue weighted by molar-refractivity contribution is -0.130. The van der Waals surface area contributed by atoms with Gasteiger partial charge in [-0.3, -0.25) is 9.69 Å². The summed E-state index contributed by atoms with van der Waals surface area (Å²) in [5.41, 5.74) is -0.188. The zero-order valence-electron chi connectivity index (χ0n) is 10.6. The molecule has 0 aliphatic carbocycles. The Bertz CT molecular complexity index is 566. The van der Waals surface area contributed by atoms with Crippen LogP contribution in [0.1, 0.15) is 29.8 Å². The maximum Gasteiger partial charge on any atom is 0.335 e. The summed E-state index contributed by atoms with van der Waals surface area (Å²) in [6, 6.07) is 5.71. The summed E-state index contributed by atoms with van der Waals surface area (Å²) < 4.78 is 0. The van der Waals surface area contributed by atoms with Gasteiger partial charge in [-0.05, 0) is 31.5 Å². The van der Waals surface area contributed by atoms with E-state index < -0.39 is 17.5 Å². The molecule has 0 radical (unpaired) electrons. The van der Waals surface area contributed by atoms with Crippen LogP contribution in [0.3, 0.4) is 0 Å². The van der Waals surface area contributed by atoms with Crippen molar-refractivity contribution in [2.45, 2.75) is 25.9 Å². The van der Waals surface area contributed by atoms with Crippen LogP contribution in [-0.2, 0) is 11.3 Å². The number of carbonyl (C=O) groups excluding carboxylic acids is 2. The molecule has 1 aromatic carbocycles. The predicted molar refractivity (Wildman–Crippen MR) is 66.6 cm³/mol. The van der Waals surface area contributed by atoms with Gasteiger partial charge in [0.1, 0.15) is 5.54 Å². The second kappa shape index (κ2) is 4.38. The zero-order chi connectivity index (χ0) is 14.2. The number of amides is 3. The van der Waals surface area contributed by atoms with Gasteiger partial charge in [0.15, 0.2) is 0 Å². The molecule has 0 bridgehead atoms. The molecule has 1 aliphatic rings.